The van der Waals surface area contributed by atoms with E-state index in [1.807, 2.05) is 0 Å². The van der Waals surface area contributed by atoms with E-state index in [0.717, 1.165) is 16.7 Å². The summed E-state index contributed by atoms with van der Waals surface area (Å²) in [6.45, 7) is 5.37. The van der Waals surface area contributed by atoms with Crippen molar-refractivity contribution < 1.29 is 19.4 Å². The van der Waals surface area contributed by atoms with Gasteiger partial charge in [-0.25, -0.2) is 4.79 Å². The van der Waals surface area contributed by atoms with E-state index in [-0.39, 0.29) is 16.4 Å². The van der Waals surface area contributed by atoms with Gasteiger partial charge in [0.15, 0.2) is 5.75 Å². The second-order valence-electron chi connectivity index (χ2n) is 7.65. The van der Waals surface area contributed by atoms with Crippen molar-refractivity contribution in [2.45, 2.75) is 38.8 Å². The molecule has 0 saturated carbocycles. The molecule has 0 bridgehead atoms. The van der Waals surface area contributed by atoms with E-state index in [2.05, 4.69) is 38.4 Å². The number of pyridine rings is 1. The van der Waals surface area contributed by atoms with Gasteiger partial charge in [-0.05, 0) is 45.1 Å². The lowest BCUT2D eigenvalue weighted by Crippen LogP contribution is -2.36. The fourth-order valence-corrected chi connectivity index (χ4v) is 3.66. The van der Waals surface area contributed by atoms with Gasteiger partial charge in [0, 0.05) is 11.6 Å². The standard InChI is InChI=1S/C20H23N5O4S2/c1-20(2,3)29-17(28)13(8-10-30)22-18-24-25-19(31-18)23-16(27)12-7-6-11-5-4-9-21-14(11)15(12)26/h4-7,9,13,26,30H,8,10H2,1-3H3,(H,22,24)(H,23,25,27). The fourth-order valence-electron chi connectivity index (χ4n) is 2.71. The number of rotatable bonds is 7. The molecule has 164 valence electrons. The van der Waals surface area contributed by atoms with Crippen molar-refractivity contribution in [3.8, 4) is 5.75 Å². The third-order valence-corrected chi connectivity index (χ3v) is 5.07. The number of fused-ring (bicyclic) bond motifs is 1. The lowest BCUT2D eigenvalue weighted by atomic mass is 10.1. The first-order chi connectivity index (χ1) is 14.7. The summed E-state index contributed by atoms with van der Waals surface area (Å²) in [5, 5.41) is 25.2. The fraction of sp³-hybridized carbons (Fsp3) is 0.350. The van der Waals surface area contributed by atoms with Gasteiger partial charge in [0.1, 0.15) is 17.2 Å². The molecule has 0 aliphatic heterocycles. The number of ether oxygens (including phenoxy) is 1. The first-order valence-corrected chi connectivity index (χ1v) is 10.9. The number of phenolic OH excluding ortho intramolecular Hbond substituents is 1. The summed E-state index contributed by atoms with van der Waals surface area (Å²) in [5.41, 5.74) is -0.218. The third kappa shape index (κ3) is 5.82. The van der Waals surface area contributed by atoms with Crippen LogP contribution in [0.25, 0.3) is 10.9 Å². The van der Waals surface area contributed by atoms with E-state index in [4.69, 9.17) is 4.74 Å². The van der Waals surface area contributed by atoms with Gasteiger partial charge in [-0.15, -0.1) is 10.2 Å². The van der Waals surface area contributed by atoms with Gasteiger partial charge >= 0.3 is 5.97 Å². The monoisotopic (exact) mass is 461 g/mol. The van der Waals surface area contributed by atoms with Crippen molar-refractivity contribution in [1.29, 1.82) is 0 Å². The molecule has 3 rings (SSSR count). The van der Waals surface area contributed by atoms with Crippen LogP contribution in [-0.2, 0) is 9.53 Å². The largest absolute Gasteiger partial charge is 0.505 e. The van der Waals surface area contributed by atoms with Gasteiger partial charge in [-0.2, -0.15) is 12.6 Å². The molecule has 1 aromatic carbocycles. The highest BCUT2D eigenvalue weighted by molar-refractivity contribution is 7.80. The molecule has 0 saturated heterocycles. The van der Waals surface area contributed by atoms with Crippen molar-refractivity contribution in [1.82, 2.24) is 15.2 Å². The zero-order valence-corrected chi connectivity index (χ0v) is 19.0. The molecule has 0 fully saturated rings. The van der Waals surface area contributed by atoms with Crippen LogP contribution in [0, 0.1) is 0 Å². The van der Waals surface area contributed by atoms with E-state index in [9.17, 15) is 14.7 Å². The molecule has 0 aliphatic rings. The SMILES string of the molecule is CC(C)(C)OC(=O)C(CCS)Nc1nnc(NC(=O)c2ccc3cccnc3c2O)s1. The minimum absolute atomic E-state index is 0.0672. The molecular weight excluding hydrogens is 438 g/mol. The number of nitrogens with zero attached hydrogens (tertiary/aromatic N) is 3. The molecular formula is C20H23N5O4S2. The Labute approximate surface area is 188 Å². The van der Waals surface area contributed by atoms with Gasteiger partial charge < -0.3 is 15.2 Å². The van der Waals surface area contributed by atoms with Crippen LogP contribution in [0.4, 0.5) is 10.3 Å². The minimum atomic E-state index is -0.649. The summed E-state index contributed by atoms with van der Waals surface area (Å²) < 4.78 is 5.42. The van der Waals surface area contributed by atoms with Gasteiger partial charge in [0.2, 0.25) is 10.3 Å². The maximum Gasteiger partial charge on any atom is 0.329 e. The number of nitrogens with one attached hydrogen (secondary N) is 2. The van der Waals surface area contributed by atoms with Crippen LogP contribution < -0.4 is 10.6 Å². The predicted octanol–water partition coefficient (Wildman–Crippen LogP) is 3.49. The Balaban J connectivity index is 1.71. The number of hydrogen-bond donors (Lipinski definition) is 4. The molecule has 31 heavy (non-hydrogen) atoms. The number of benzene rings is 1. The molecule has 3 aromatic rings. The van der Waals surface area contributed by atoms with Crippen LogP contribution in [0.15, 0.2) is 30.5 Å². The Bertz CT molecular complexity index is 1100. The summed E-state index contributed by atoms with van der Waals surface area (Å²) in [7, 11) is 0. The van der Waals surface area contributed by atoms with Crippen molar-refractivity contribution in [3.63, 3.8) is 0 Å². The Kier molecular flexibility index (Phi) is 6.96. The number of aromatic nitrogens is 3. The molecule has 1 unspecified atom stereocenters. The Hall–Kier alpha value is -2.92. The average Bonchev–Trinajstić information content (AvgIpc) is 3.13. The Morgan fingerprint density at radius 3 is 2.68 bits per heavy atom. The van der Waals surface area contributed by atoms with Gasteiger partial charge in [0.25, 0.3) is 5.91 Å². The van der Waals surface area contributed by atoms with Gasteiger partial charge in [0.05, 0.1) is 5.56 Å². The van der Waals surface area contributed by atoms with Crippen LogP contribution in [-0.4, -0.2) is 49.6 Å². The quantitative estimate of drug-likeness (QED) is 0.311. The zero-order chi connectivity index (χ0) is 22.6. The second-order valence-corrected chi connectivity index (χ2v) is 9.07. The molecule has 1 atom stereocenters. The first kappa shape index (κ1) is 22.8. The normalized spacial score (nSPS) is 12.4. The minimum Gasteiger partial charge on any atom is -0.505 e. The molecule has 0 aliphatic carbocycles. The maximum atomic E-state index is 12.6. The maximum absolute atomic E-state index is 12.6. The number of anilines is 2. The van der Waals surface area contributed by atoms with Crippen molar-refractivity contribution in [2.24, 2.45) is 0 Å². The number of amides is 1. The van der Waals surface area contributed by atoms with E-state index in [1.54, 1.807) is 45.2 Å². The summed E-state index contributed by atoms with van der Waals surface area (Å²) in [6.07, 6.45) is 1.97. The van der Waals surface area contributed by atoms with Gasteiger partial charge in [-0.1, -0.05) is 23.5 Å². The van der Waals surface area contributed by atoms with Crippen LogP contribution in [0.5, 0.6) is 5.75 Å². The number of phenols is 1. The van der Waals surface area contributed by atoms with Crippen LogP contribution >= 0.6 is 24.0 Å². The van der Waals surface area contributed by atoms with E-state index >= 15 is 0 Å². The third-order valence-electron chi connectivity index (χ3n) is 4.04. The number of thiol groups is 1. The molecule has 0 radical (unpaired) electrons. The predicted molar refractivity (Wildman–Crippen MR) is 123 cm³/mol. The van der Waals surface area contributed by atoms with Crippen LogP contribution in [0.3, 0.4) is 0 Å². The lowest BCUT2D eigenvalue weighted by Gasteiger charge is -2.24. The van der Waals surface area contributed by atoms with E-state index < -0.39 is 23.5 Å². The molecule has 1 amide bonds. The molecule has 11 heteroatoms. The topological polar surface area (TPSA) is 126 Å². The van der Waals surface area contributed by atoms with Crippen molar-refractivity contribution >= 4 is 57.0 Å². The number of aromatic hydroxyl groups is 1. The summed E-state index contributed by atoms with van der Waals surface area (Å²) in [4.78, 5) is 29.1. The smallest absolute Gasteiger partial charge is 0.329 e. The lowest BCUT2D eigenvalue weighted by molar-refractivity contribution is -0.155. The van der Waals surface area contributed by atoms with Crippen LogP contribution in [0.2, 0.25) is 0 Å². The van der Waals surface area contributed by atoms with E-state index in [0.29, 0.717) is 22.8 Å². The molecule has 2 aromatic heterocycles. The highest BCUT2D eigenvalue weighted by Gasteiger charge is 2.26. The molecule has 2 heterocycles. The van der Waals surface area contributed by atoms with Gasteiger partial charge in [-0.3, -0.25) is 15.1 Å². The summed E-state index contributed by atoms with van der Waals surface area (Å²) >= 11 is 5.25. The first-order valence-electron chi connectivity index (χ1n) is 9.50. The highest BCUT2D eigenvalue weighted by atomic mass is 32.1. The number of carbonyl (C=O) groups is 2. The van der Waals surface area contributed by atoms with E-state index in [1.165, 1.54) is 6.07 Å². The molecule has 0 spiro atoms. The molecule has 3 N–H and O–H groups in total. The summed E-state index contributed by atoms with van der Waals surface area (Å²) in [6, 6.07) is 6.10. The van der Waals surface area contributed by atoms with Crippen molar-refractivity contribution in [3.05, 3.63) is 36.0 Å². The Morgan fingerprint density at radius 2 is 1.97 bits per heavy atom. The Morgan fingerprint density at radius 1 is 1.23 bits per heavy atom. The number of carbonyl (C=O) groups excluding carboxylic acids is 2. The summed E-state index contributed by atoms with van der Waals surface area (Å²) in [5.74, 6) is -0.714. The van der Waals surface area contributed by atoms with Crippen LogP contribution in [0.1, 0.15) is 37.6 Å². The zero-order valence-electron chi connectivity index (χ0n) is 17.2. The second kappa shape index (κ2) is 9.48. The number of esters is 1. The molecule has 9 nitrogen and oxygen atoms in total. The highest BCUT2D eigenvalue weighted by Crippen LogP contribution is 2.28. The van der Waals surface area contributed by atoms with Crippen molar-refractivity contribution in [2.75, 3.05) is 16.4 Å². The average molecular weight is 462 g/mol. The number of hydrogen-bond acceptors (Lipinski definition) is 10.